The Morgan fingerprint density at radius 3 is 3.06 bits per heavy atom. The molecule has 0 aliphatic heterocycles. The third kappa shape index (κ3) is 2.05. The molecule has 0 aromatic carbocycles. The topological polar surface area (TPSA) is 37.8 Å². The van der Waals surface area contributed by atoms with E-state index >= 15 is 0 Å². The van der Waals surface area contributed by atoms with Crippen LogP contribution in [0.15, 0.2) is 41.0 Å². The van der Waals surface area contributed by atoms with Gasteiger partial charge in [-0.2, -0.15) is 0 Å². The minimum absolute atomic E-state index is 0.198. The first-order valence-electron chi connectivity index (χ1n) is 4.71. The molecular formula is C11H10N2OS2. The number of aromatic amines is 1. The summed E-state index contributed by atoms with van der Waals surface area (Å²) < 4.78 is 2.07. The number of H-pyrrole nitrogens is 1. The van der Waals surface area contributed by atoms with Gasteiger partial charge in [0.2, 0.25) is 0 Å². The molecule has 3 nitrogen and oxygen atoms in total. The van der Waals surface area contributed by atoms with Crippen molar-refractivity contribution in [3.05, 3.63) is 51.4 Å². The van der Waals surface area contributed by atoms with Gasteiger partial charge >= 0.3 is 5.69 Å². The zero-order valence-electron chi connectivity index (χ0n) is 8.47. The van der Waals surface area contributed by atoms with Crippen molar-refractivity contribution in [2.75, 3.05) is 0 Å². The summed E-state index contributed by atoms with van der Waals surface area (Å²) >= 11 is 6.59. The molecular weight excluding hydrogens is 240 g/mol. The number of hydrogen-bond donors (Lipinski definition) is 1. The van der Waals surface area contributed by atoms with Crippen molar-refractivity contribution >= 4 is 23.6 Å². The second-order valence-corrected chi connectivity index (χ2v) is 4.59. The van der Waals surface area contributed by atoms with Crippen molar-refractivity contribution in [2.45, 2.75) is 6.54 Å². The maximum atomic E-state index is 11.7. The number of aromatic nitrogens is 2. The molecule has 0 aliphatic rings. The molecule has 0 fully saturated rings. The molecule has 0 saturated carbocycles. The van der Waals surface area contributed by atoms with Crippen LogP contribution in [0.2, 0.25) is 0 Å². The Morgan fingerprint density at radius 2 is 2.44 bits per heavy atom. The lowest BCUT2D eigenvalue weighted by molar-refractivity contribution is 0.752. The molecule has 0 saturated heterocycles. The summed E-state index contributed by atoms with van der Waals surface area (Å²) in [7, 11) is 0. The lowest BCUT2D eigenvalue weighted by atomic mass is 10.3. The number of thiophene rings is 1. The molecule has 0 aliphatic carbocycles. The smallest absolute Gasteiger partial charge is 0.298 e. The SMILES string of the molecule is C=CCn1c(-c2cccs2)cc(=S)[nH]c1=O. The molecule has 0 unspecified atom stereocenters. The van der Waals surface area contributed by atoms with Gasteiger partial charge in [-0.05, 0) is 17.5 Å². The summed E-state index contributed by atoms with van der Waals surface area (Å²) in [6, 6.07) is 5.71. The van der Waals surface area contributed by atoms with E-state index in [1.54, 1.807) is 28.0 Å². The van der Waals surface area contributed by atoms with E-state index in [1.807, 2.05) is 17.5 Å². The zero-order valence-corrected chi connectivity index (χ0v) is 10.1. The van der Waals surface area contributed by atoms with E-state index < -0.39 is 0 Å². The average molecular weight is 250 g/mol. The highest BCUT2D eigenvalue weighted by Crippen LogP contribution is 2.23. The second-order valence-electron chi connectivity index (χ2n) is 3.20. The quantitative estimate of drug-likeness (QED) is 0.672. The Balaban J connectivity index is 2.72. The average Bonchev–Trinajstić information content (AvgIpc) is 2.75. The maximum Gasteiger partial charge on any atom is 0.327 e. The van der Waals surface area contributed by atoms with Gasteiger partial charge in [-0.1, -0.05) is 24.4 Å². The molecule has 2 aromatic rings. The molecule has 2 heterocycles. The number of allylic oxidation sites excluding steroid dienone is 1. The minimum atomic E-state index is -0.198. The van der Waals surface area contributed by atoms with Crippen LogP contribution in [-0.2, 0) is 6.54 Å². The molecule has 2 rings (SSSR count). The van der Waals surface area contributed by atoms with E-state index in [2.05, 4.69) is 11.6 Å². The van der Waals surface area contributed by atoms with Crippen LogP contribution in [-0.4, -0.2) is 9.55 Å². The van der Waals surface area contributed by atoms with Crippen molar-refractivity contribution in [1.29, 1.82) is 0 Å². The van der Waals surface area contributed by atoms with E-state index in [4.69, 9.17) is 12.2 Å². The van der Waals surface area contributed by atoms with Gasteiger partial charge in [0.15, 0.2) is 0 Å². The first-order chi connectivity index (χ1) is 7.72. The summed E-state index contributed by atoms with van der Waals surface area (Å²) in [5.41, 5.74) is 0.638. The molecule has 2 aromatic heterocycles. The highest BCUT2D eigenvalue weighted by molar-refractivity contribution is 7.71. The Labute approximate surface area is 102 Å². The highest BCUT2D eigenvalue weighted by atomic mass is 32.1. The van der Waals surface area contributed by atoms with Crippen molar-refractivity contribution in [3.8, 4) is 10.6 Å². The molecule has 0 atom stereocenters. The van der Waals surface area contributed by atoms with Gasteiger partial charge in [0, 0.05) is 6.54 Å². The van der Waals surface area contributed by atoms with Crippen LogP contribution < -0.4 is 5.69 Å². The molecule has 0 bridgehead atoms. The van der Waals surface area contributed by atoms with Gasteiger partial charge in [0.1, 0.15) is 4.64 Å². The zero-order chi connectivity index (χ0) is 11.5. The number of nitrogens with zero attached hydrogens (tertiary/aromatic N) is 1. The molecule has 82 valence electrons. The van der Waals surface area contributed by atoms with Crippen molar-refractivity contribution < 1.29 is 0 Å². The Morgan fingerprint density at radius 1 is 1.62 bits per heavy atom. The van der Waals surface area contributed by atoms with Crippen molar-refractivity contribution in [3.63, 3.8) is 0 Å². The van der Waals surface area contributed by atoms with Crippen LogP contribution in [0.1, 0.15) is 0 Å². The van der Waals surface area contributed by atoms with Crippen molar-refractivity contribution in [1.82, 2.24) is 9.55 Å². The number of nitrogens with one attached hydrogen (secondary N) is 1. The van der Waals surface area contributed by atoms with E-state index in [1.165, 1.54) is 0 Å². The van der Waals surface area contributed by atoms with Gasteiger partial charge in [-0.15, -0.1) is 17.9 Å². The minimum Gasteiger partial charge on any atom is -0.298 e. The first-order valence-corrected chi connectivity index (χ1v) is 6.00. The largest absolute Gasteiger partial charge is 0.327 e. The molecule has 0 amide bonds. The molecule has 16 heavy (non-hydrogen) atoms. The lowest BCUT2D eigenvalue weighted by Crippen LogP contribution is -2.23. The predicted octanol–water partition coefficient (Wildman–Crippen LogP) is 2.82. The monoisotopic (exact) mass is 250 g/mol. The van der Waals surface area contributed by atoms with E-state index in [0.717, 1.165) is 10.6 Å². The van der Waals surface area contributed by atoms with Crippen LogP contribution >= 0.6 is 23.6 Å². The third-order valence-corrected chi connectivity index (χ3v) is 3.23. The number of hydrogen-bond acceptors (Lipinski definition) is 3. The predicted molar refractivity (Wildman–Crippen MR) is 69.4 cm³/mol. The molecule has 0 radical (unpaired) electrons. The van der Waals surface area contributed by atoms with Crippen LogP contribution in [0.4, 0.5) is 0 Å². The highest BCUT2D eigenvalue weighted by Gasteiger charge is 2.06. The Bertz CT molecular complexity index is 608. The summed E-state index contributed by atoms with van der Waals surface area (Å²) in [5.74, 6) is 0. The fourth-order valence-corrected chi connectivity index (χ4v) is 2.41. The van der Waals surface area contributed by atoms with E-state index in [0.29, 0.717) is 11.2 Å². The second kappa shape index (κ2) is 4.59. The first kappa shape index (κ1) is 11.0. The van der Waals surface area contributed by atoms with E-state index in [-0.39, 0.29) is 5.69 Å². The van der Waals surface area contributed by atoms with Gasteiger partial charge < -0.3 is 0 Å². The van der Waals surface area contributed by atoms with Crippen molar-refractivity contribution in [2.24, 2.45) is 0 Å². The molecule has 5 heteroatoms. The van der Waals surface area contributed by atoms with Gasteiger partial charge in [0.05, 0.1) is 10.6 Å². The summed E-state index contributed by atoms with van der Waals surface area (Å²) in [6.07, 6.45) is 1.69. The lowest BCUT2D eigenvalue weighted by Gasteiger charge is -2.08. The van der Waals surface area contributed by atoms with E-state index in [9.17, 15) is 4.79 Å². The Hall–Kier alpha value is -1.46. The van der Waals surface area contributed by atoms with Crippen LogP contribution in [0, 0.1) is 4.64 Å². The fraction of sp³-hybridized carbons (Fsp3) is 0.0909. The standard InChI is InChI=1S/C11H10N2OS2/c1-2-5-13-8(9-4-3-6-16-9)7-10(15)12-11(13)14/h2-4,6-7H,1,5H2,(H,12,14,15). The van der Waals surface area contributed by atoms with Crippen LogP contribution in [0.5, 0.6) is 0 Å². The molecule has 0 spiro atoms. The number of rotatable bonds is 3. The Kier molecular flexibility index (Phi) is 3.17. The third-order valence-electron chi connectivity index (χ3n) is 2.12. The fourth-order valence-electron chi connectivity index (χ4n) is 1.46. The summed E-state index contributed by atoms with van der Waals surface area (Å²) in [6.45, 7) is 4.12. The van der Waals surface area contributed by atoms with Gasteiger partial charge in [-0.25, -0.2) is 4.79 Å². The van der Waals surface area contributed by atoms with Crippen LogP contribution in [0.25, 0.3) is 10.6 Å². The van der Waals surface area contributed by atoms with Gasteiger partial charge in [-0.3, -0.25) is 9.55 Å². The molecule has 1 N–H and O–H groups in total. The summed E-state index contributed by atoms with van der Waals surface area (Å²) in [5, 5.41) is 1.97. The van der Waals surface area contributed by atoms with Gasteiger partial charge in [0.25, 0.3) is 0 Å². The van der Waals surface area contributed by atoms with Crippen LogP contribution in [0.3, 0.4) is 0 Å². The summed E-state index contributed by atoms with van der Waals surface area (Å²) in [4.78, 5) is 15.4. The normalized spacial score (nSPS) is 10.2. The maximum absolute atomic E-state index is 11.7.